The summed E-state index contributed by atoms with van der Waals surface area (Å²) < 4.78 is 40.2. The van der Waals surface area contributed by atoms with E-state index in [1.54, 1.807) is 0 Å². The predicted octanol–water partition coefficient (Wildman–Crippen LogP) is 3.43. The summed E-state index contributed by atoms with van der Waals surface area (Å²) in [6, 6.07) is 2.53. The number of rotatable bonds is 3. The highest BCUT2D eigenvalue weighted by molar-refractivity contribution is 6.42. The zero-order valence-electron chi connectivity index (χ0n) is 7.81. The largest absolute Gasteiger partial charge is 0.484 e. The molecule has 16 heavy (non-hydrogen) atoms. The molecule has 0 aromatic heterocycles. The van der Waals surface area contributed by atoms with Crippen LogP contribution in [0.3, 0.4) is 0 Å². The quantitative estimate of drug-likeness (QED) is 0.915. The van der Waals surface area contributed by atoms with Crippen LogP contribution in [0, 0.1) is 0 Å². The third kappa shape index (κ3) is 3.43. The molecule has 1 aromatic rings. The number of hydrogen-bond donors (Lipinski definition) is 1. The Morgan fingerprint density at radius 2 is 1.88 bits per heavy atom. The molecule has 0 aliphatic carbocycles. The average molecular weight is 275 g/mol. The van der Waals surface area contributed by atoms with Crippen molar-refractivity contribution < 1.29 is 23.0 Å². The van der Waals surface area contributed by atoms with E-state index in [2.05, 4.69) is 4.74 Å². The topological polar surface area (TPSA) is 29.5 Å². The van der Waals surface area contributed by atoms with Crippen LogP contribution >= 0.6 is 23.2 Å². The van der Waals surface area contributed by atoms with Crippen molar-refractivity contribution in [2.24, 2.45) is 0 Å². The van der Waals surface area contributed by atoms with Gasteiger partial charge in [0.25, 0.3) is 0 Å². The summed E-state index contributed by atoms with van der Waals surface area (Å²) in [6.07, 6.45) is -4.45. The maximum absolute atomic E-state index is 11.9. The number of aliphatic hydroxyl groups excluding tert-OH is 1. The molecule has 1 aromatic carbocycles. The first kappa shape index (κ1) is 13.4. The summed E-state index contributed by atoms with van der Waals surface area (Å²) in [4.78, 5) is 0. The van der Waals surface area contributed by atoms with Crippen molar-refractivity contribution in [1.82, 2.24) is 0 Å². The van der Waals surface area contributed by atoms with Gasteiger partial charge in [-0.25, -0.2) is 0 Å². The number of halogens is 5. The number of ether oxygens (including phenoxy) is 1. The first-order chi connectivity index (χ1) is 7.35. The Balaban J connectivity index is 2.92. The molecule has 0 fully saturated rings. The van der Waals surface area contributed by atoms with Crippen LogP contribution in [0.2, 0.25) is 10.0 Å². The fourth-order valence-corrected chi connectivity index (χ4v) is 1.41. The molecule has 7 heteroatoms. The van der Waals surface area contributed by atoms with Gasteiger partial charge in [0.1, 0.15) is 5.75 Å². The van der Waals surface area contributed by atoms with Gasteiger partial charge in [-0.1, -0.05) is 23.2 Å². The second-order valence-electron chi connectivity index (χ2n) is 2.90. The Morgan fingerprint density at radius 3 is 2.38 bits per heavy atom. The lowest BCUT2D eigenvalue weighted by atomic mass is 10.2. The Hall–Kier alpha value is -0.650. The van der Waals surface area contributed by atoms with Crippen molar-refractivity contribution in [3.63, 3.8) is 0 Å². The monoisotopic (exact) mass is 274 g/mol. The van der Waals surface area contributed by atoms with Crippen LogP contribution in [-0.2, 0) is 6.61 Å². The average Bonchev–Trinajstić information content (AvgIpc) is 2.18. The summed E-state index contributed by atoms with van der Waals surface area (Å²) in [5.74, 6) is -0.130. The van der Waals surface area contributed by atoms with Crippen molar-refractivity contribution in [3.8, 4) is 5.75 Å². The molecule has 90 valence electrons. The van der Waals surface area contributed by atoms with E-state index in [0.29, 0.717) is 0 Å². The first-order valence-electron chi connectivity index (χ1n) is 4.12. The molecule has 0 saturated heterocycles. The van der Waals surface area contributed by atoms with Crippen LogP contribution in [0.1, 0.15) is 5.56 Å². The molecular weight excluding hydrogens is 268 g/mol. The van der Waals surface area contributed by atoms with Crippen LogP contribution in [0.25, 0.3) is 0 Å². The van der Waals surface area contributed by atoms with Gasteiger partial charge < -0.3 is 9.84 Å². The van der Waals surface area contributed by atoms with Crippen LogP contribution in [-0.4, -0.2) is 17.9 Å². The number of alkyl halides is 3. The molecule has 0 radical (unpaired) electrons. The zero-order valence-corrected chi connectivity index (χ0v) is 9.33. The minimum Gasteiger partial charge on any atom is -0.484 e. The highest BCUT2D eigenvalue weighted by Gasteiger charge is 2.29. The molecule has 0 unspecified atom stereocenters. The zero-order chi connectivity index (χ0) is 12.3. The molecule has 0 aliphatic rings. The number of aliphatic hydroxyl groups is 1. The molecule has 1 rings (SSSR count). The van der Waals surface area contributed by atoms with E-state index in [-0.39, 0.29) is 21.4 Å². The highest BCUT2D eigenvalue weighted by atomic mass is 35.5. The van der Waals surface area contributed by atoms with Crippen molar-refractivity contribution in [2.75, 3.05) is 6.61 Å². The van der Waals surface area contributed by atoms with Gasteiger partial charge in [0.05, 0.1) is 16.7 Å². The van der Waals surface area contributed by atoms with Crippen molar-refractivity contribution in [1.29, 1.82) is 0 Å². The maximum Gasteiger partial charge on any atom is 0.422 e. The summed E-state index contributed by atoms with van der Waals surface area (Å²) >= 11 is 11.3. The van der Waals surface area contributed by atoms with Gasteiger partial charge in [0.2, 0.25) is 0 Å². The lowest BCUT2D eigenvalue weighted by molar-refractivity contribution is -0.153. The second-order valence-corrected chi connectivity index (χ2v) is 3.69. The van der Waals surface area contributed by atoms with E-state index in [0.717, 1.165) is 0 Å². The fourth-order valence-electron chi connectivity index (χ4n) is 1.02. The third-order valence-corrected chi connectivity index (χ3v) is 2.55. The maximum atomic E-state index is 11.9. The van der Waals surface area contributed by atoms with Gasteiger partial charge in [-0.15, -0.1) is 0 Å². The van der Waals surface area contributed by atoms with Gasteiger partial charge in [0.15, 0.2) is 6.61 Å². The SMILES string of the molecule is OCc1c(OCC(F)(F)F)ccc(Cl)c1Cl. The van der Waals surface area contributed by atoms with Crippen molar-refractivity contribution in [3.05, 3.63) is 27.7 Å². The van der Waals surface area contributed by atoms with E-state index < -0.39 is 19.4 Å². The van der Waals surface area contributed by atoms with Crippen LogP contribution in [0.5, 0.6) is 5.75 Å². The molecule has 0 spiro atoms. The Bertz CT molecular complexity index is 380. The summed E-state index contributed by atoms with van der Waals surface area (Å²) in [7, 11) is 0. The van der Waals surface area contributed by atoms with Crippen molar-refractivity contribution >= 4 is 23.2 Å². The van der Waals surface area contributed by atoms with Gasteiger partial charge in [0, 0.05) is 5.56 Å². The summed E-state index contributed by atoms with van der Waals surface area (Å²) in [5.41, 5.74) is 0.0402. The lowest BCUT2D eigenvalue weighted by Crippen LogP contribution is -2.19. The standard InChI is InChI=1S/C9H7Cl2F3O2/c10-6-1-2-7(5(3-15)8(6)11)16-4-9(12,13)14/h1-2,15H,3-4H2. The minimum absolute atomic E-state index is 0.0103. The summed E-state index contributed by atoms with van der Waals surface area (Å²) in [6.45, 7) is -2.00. The lowest BCUT2D eigenvalue weighted by Gasteiger charge is -2.13. The smallest absolute Gasteiger partial charge is 0.422 e. The molecule has 2 nitrogen and oxygen atoms in total. The molecule has 1 N–H and O–H groups in total. The molecule has 0 amide bonds. The fraction of sp³-hybridized carbons (Fsp3) is 0.333. The Kier molecular flexibility index (Phi) is 4.29. The second kappa shape index (κ2) is 5.12. The highest BCUT2D eigenvalue weighted by Crippen LogP contribution is 2.33. The predicted molar refractivity (Wildman–Crippen MR) is 53.9 cm³/mol. The number of benzene rings is 1. The van der Waals surface area contributed by atoms with Crippen LogP contribution in [0.4, 0.5) is 13.2 Å². The van der Waals surface area contributed by atoms with Gasteiger partial charge in [-0.05, 0) is 12.1 Å². The number of hydrogen-bond acceptors (Lipinski definition) is 2. The van der Waals surface area contributed by atoms with Gasteiger partial charge in [-0.2, -0.15) is 13.2 Å². The van der Waals surface area contributed by atoms with Crippen LogP contribution < -0.4 is 4.74 Å². The summed E-state index contributed by atoms with van der Waals surface area (Å²) in [5, 5.41) is 9.08. The minimum atomic E-state index is -4.45. The first-order valence-corrected chi connectivity index (χ1v) is 4.88. The molecule has 0 saturated carbocycles. The molecule has 0 heterocycles. The van der Waals surface area contributed by atoms with Gasteiger partial charge >= 0.3 is 6.18 Å². The Labute approximate surface area is 99.5 Å². The van der Waals surface area contributed by atoms with E-state index in [1.807, 2.05) is 0 Å². The Morgan fingerprint density at radius 1 is 1.25 bits per heavy atom. The van der Waals surface area contributed by atoms with Crippen LogP contribution in [0.15, 0.2) is 12.1 Å². The van der Waals surface area contributed by atoms with Crippen molar-refractivity contribution in [2.45, 2.75) is 12.8 Å². The molecule has 0 aliphatic heterocycles. The molecule has 0 atom stereocenters. The van der Waals surface area contributed by atoms with E-state index in [4.69, 9.17) is 28.3 Å². The molecule has 0 bridgehead atoms. The van der Waals surface area contributed by atoms with E-state index in [1.165, 1.54) is 12.1 Å². The van der Waals surface area contributed by atoms with E-state index >= 15 is 0 Å². The normalized spacial score (nSPS) is 11.6. The van der Waals surface area contributed by atoms with E-state index in [9.17, 15) is 13.2 Å². The third-order valence-electron chi connectivity index (χ3n) is 1.70. The van der Waals surface area contributed by atoms with Gasteiger partial charge in [-0.3, -0.25) is 0 Å². The molecular formula is C9H7Cl2F3O2.